The van der Waals surface area contributed by atoms with E-state index in [1.54, 1.807) is 35.5 Å². The molecule has 192 valence electrons. The van der Waals surface area contributed by atoms with Crippen molar-refractivity contribution in [2.24, 2.45) is 10.9 Å². The smallest absolute Gasteiger partial charge is 0.187 e. The summed E-state index contributed by atoms with van der Waals surface area (Å²) in [5, 5.41) is 11.5. The highest BCUT2D eigenvalue weighted by Gasteiger charge is 2.04. The van der Waals surface area contributed by atoms with Crippen molar-refractivity contribution >= 4 is 34.6 Å². The highest BCUT2D eigenvalue weighted by atomic mass is 32.2. The molecule has 1 unspecified atom stereocenters. The van der Waals surface area contributed by atoms with Gasteiger partial charge in [0, 0.05) is 28.8 Å². The van der Waals surface area contributed by atoms with Crippen LogP contribution in [-0.2, 0) is 0 Å². The van der Waals surface area contributed by atoms with Crippen LogP contribution in [0, 0.1) is 5.92 Å². The van der Waals surface area contributed by atoms with Crippen LogP contribution in [0.15, 0.2) is 113 Å². The molecule has 2 aromatic rings. The van der Waals surface area contributed by atoms with Crippen molar-refractivity contribution in [1.82, 2.24) is 10.3 Å². The summed E-state index contributed by atoms with van der Waals surface area (Å²) in [5.41, 5.74) is 3.94. The molecule has 2 N–H and O–H groups in total. The quantitative estimate of drug-likeness (QED) is 0.113. The predicted molar refractivity (Wildman–Crippen MR) is 166 cm³/mol. The summed E-state index contributed by atoms with van der Waals surface area (Å²) < 4.78 is 0. The largest absolute Gasteiger partial charge is 0.349 e. The first-order chi connectivity index (χ1) is 17.7. The number of anilines is 1. The Morgan fingerprint density at radius 2 is 1.97 bits per heavy atom. The van der Waals surface area contributed by atoms with Gasteiger partial charge in [-0.15, -0.1) is 23.1 Å². The minimum Gasteiger partial charge on any atom is -0.349 e. The van der Waals surface area contributed by atoms with Gasteiger partial charge in [-0.25, -0.2) is 9.98 Å². The Morgan fingerprint density at radius 1 is 1.19 bits per heavy atom. The van der Waals surface area contributed by atoms with E-state index in [-0.39, 0.29) is 5.92 Å². The molecular formula is C30H40N4S2. The summed E-state index contributed by atoms with van der Waals surface area (Å²) in [5.74, 6) is 0.265. The van der Waals surface area contributed by atoms with Crippen LogP contribution >= 0.6 is 23.1 Å². The van der Waals surface area contributed by atoms with Crippen LogP contribution in [0.2, 0.25) is 0 Å². The summed E-state index contributed by atoms with van der Waals surface area (Å²) in [6.07, 6.45) is 21.9. The first-order valence-corrected chi connectivity index (χ1v) is 14.4. The Bertz CT molecular complexity index is 1040. The number of allylic oxidation sites excluding steroid dienone is 7. The molecule has 36 heavy (non-hydrogen) atoms. The second-order valence-electron chi connectivity index (χ2n) is 7.25. The molecule has 1 aromatic carbocycles. The first kappa shape index (κ1) is 30.9. The van der Waals surface area contributed by atoms with E-state index in [0.29, 0.717) is 0 Å². The lowest BCUT2D eigenvalue weighted by atomic mass is 10.1. The maximum absolute atomic E-state index is 4.63. The van der Waals surface area contributed by atoms with Gasteiger partial charge in [-0.2, -0.15) is 0 Å². The molecule has 0 bridgehead atoms. The summed E-state index contributed by atoms with van der Waals surface area (Å²) >= 11 is 3.24. The van der Waals surface area contributed by atoms with E-state index in [0.717, 1.165) is 40.6 Å². The van der Waals surface area contributed by atoms with Gasteiger partial charge < -0.3 is 10.6 Å². The predicted octanol–water partition coefficient (Wildman–Crippen LogP) is 9.20. The van der Waals surface area contributed by atoms with Crippen LogP contribution in [0.3, 0.4) is 0 Å². The first-order valence-electron chi connectivity index (χ1n) is 12.3. The lowest BCUT2D eigenvalue weighted by molar-refractivity contribution is 0.809. The summed E-state index contributed by atoms with van der Waals surface area (Å²) in [4.78, 5) is 9.18. The van der Waals surface area contributed by atoms with Crippen LogP contribution in [0.25, 0.3) is 11.3 Å². The van der Waals surface area contributed by atoms with Gasteiger partial charge in [-0.05, 0) is 36.7 Å². The number of nitrogens with one attached hydrogen (secondary N) is 2. The highest BCUT2D eigenvalue weighted by Crippen LogP contribution is 2.24. The van der Waals surface area contributed by atoms with Gasteiger partial charge in [0.25, 0.3) is 0 Å². The van der Waals surface area contributed by atoms with E-state index in [1.807, 2.05) is 55.8 Å². The fourth-order valence-corrected chi connectivity index (χ4v) is 4.09. The van der Waals surface area contributed by atoms with Crippen molar-refractivity contribution in [2.75, 3.05) is 11.6 Å². The third-order valence-corrected chi connectivity index (χ3v) is 5.87. The molecule has 1 atom stereocenters. The summed E-state index contributed by atoms with van der Waals surface area (Å²) in [7, 11) is 0. The van der Waals surface area contributed by atoms with Crippen molar-refractivity contribution < 1.29 is 0 Å². The molecule has 1 heterocycles. The van der Waals surface area contributed by atoms with E-state index >= 15 is 0 Å². The molecule has 0 aliphatic carbocycles. The van der Waals surface area contributed by atoms with Crippen molar-refractivity contribution in [3.63, 3.8) is 0 Å². The number of aliphatic imine (C=N–C) groups is 1. The zero-order chi connectivity index (χ0) is 26.4. The molecule has 0 aliphatic heterocycles. The molecule has 0 saturated heterocycles. The Hall–Kier alpha value is -3.09. The van der Waals surface area contributed by atoms with Crippen molar-refractivity contribution in [2.45, 2.75) is 40.5 Å². The maximum atomic E-state index is 4.63. The molecule has 0 spiro atoms. The Kier molecular flexibility index (Phi) is 17.3. The molecular weight excluding hydrogens is 480 g/mol. The van der Waals surface area contributed by atoms with Gasteiger partial charge in [-0.3, -0.25) is 0 Å². The van der Waals surface area contributed by atoms with Crippen molar-refractivity contribution in [1.29, 1.82) is 0 Å². The fraction of sp³-hybridized carbons (Fsp3) is 0.267. The average Bonchev–Trinajstić information content (AvgIpc) is 3.38. The number of hydrogen-bond acceptors (Lipinski definition) is 5. The molecule has 1 aromatic heterocycles. The molecule has 0 saturated carbocycles. The lowest BCUT2D eigenvalue weighted by Crippen LogP contribution is -2.15. The van der Waals surface area contributed by atoms with Crippen LogP contribution in [-0.4, -0.2) is 17.6 Å². The SMILES string of the molecule is C=C/C=C(\C=C\Nc1nc(-c2ccccc2)cs1)N=CN/C(=C\SC)C(C)/C=C\C/C=C\CC.CC. The molecule has 0 radical (unpaired) electrons. The number of rotatable bonds is 14. The minimum absolute atomic E-state index is 0.265. The molecule has 2 rings (SSSR count). The molecule has 0 aliphatic rings. The monoisotopic (exact) mass is 520 g/mol. The number of thioether (sulfide) groups is 1. The van der Waals surface area contributed by atoms with E-state index in [2.05, 4.69) is 89.1 Å². The normalized spacial score (nSPS) is 13.4. The molecule has 4 nitrogen and oxygen atoms in total. The number of nitrogens with zero attached hydrogens (tertiary/aromatic N) is 2. The van der Waals surface area contributed by atoms with E-state index in [9.17, 15) is 0 Å². The number of hydrogen-bond donors (Lipinski definition) is 2. The van der Waals surface area contributed by atoms with Gasteiger partial charge >= 0.3 is 0 Å². The maximum Gasteiger partial charge on any atom is 0.187 e. The minimum atomic E-state index is 0.265. The van der Waals surface area contributed by atoms with Gasteiger partial charge in [0.05, 0.1) is 17.7 Å². The Balaban J connectivity index is 0.00000316. The number of aromatic nitrogens is 1. The fourth-order valence-electron chi connectivity index (χ4n) is 2.85. The average molecular weight is 521 g/mol. The number of thiazole rings is 1. The zero-order valence-corrected chi connectivity index (χ0v) is 23.8. The van der Waals surface area contributed by atoms with E-state index < -0.39 is 0 Å². The third-order valence-electron chi connectivity index (χ3n) is 4.60. The van der Waals surface area contributed by atoms with Gasteiger partial charge in [0.2, 0.25) is 0 Å². The van der Waals surface area contributed by atoms with Gasteiger partial charge in [-0.1, -0.05) is 95.0 Å². The van der Waals surface area contributed by atoms with E-state index in [1.165, 1.54) is 0 Å². The molecule has 6 heteroatoms. The van der Waals surface area contributed by atoms with Gasteiger partial charge in [0.1, 0.15) is 0 Å². The lowest BCUT2D eigenvalue weighted by Gasteiger charge is -2.11. The molecule has 0 amide bonds. The highest BCUT2D eigenvalue weighted by molar-refractivity contribution is 8.01. The Labute approximate surface area is 226 Å². The van der Waals surface area contributed by atoms with E-state index in [4.69, 9.17) is 0 Å². The standard InChI is InChI=1S/C28H34N4S2.C2H6/c1-5-7-8-9-11-15-23(3)26(20-33-4)31-22-30-25(14-6-2)18-19-29-28-32-27(21-34-28)24-16-12-10-13-17-24;1-2/h6-8,10-23H,2,5,9H2,1,3-4H3,(H,29,32)(H,30,31);1-2H3/b8-7-,15-11-,19-18+,25-14+,26-20-;. The summed E-state index contributed by atoms with van der Waals surface area (Å²) in [6.45, 7) is 12.1. The van der Waals surface area contributed by atoms with Gasteiger partial charge in [0.15, 0.2) is 5.13 Å². The second kappa shape index (κ2) is 20.1. The van der Waals surface area contributed by atoms with Crippen molar-refractivity contribution in [3.8, 4) is 11.3 Å². The summed E-state index contributed by atoms with van der Waals surface area (Å²) in [6, 6.07) is 10.1. The molecule has 0 fully saturated rings. The second-order valence-corrected chi connectivity index (χ2v) is 8.82. The van der Waals surface area contributed by atoms with Crippen LogP contribution in [0.1, 0.15) is 40.5 Å². The Morgan fingerprint density at radius 3 is 2.67 bits per heavy atom. The van der Waals surface area contributed by atoms with Crippen LogP contribution in [0.4, 0.5) is 5.13 Å². The zero-order valence-electron chi connectivity index (χ0n) is 22.1. The van der Waals surface area contributed by atoms with Crippen LogP contribution < -0.4 is 10.6 Å². The number of benzene rings is 1. The van der Waals surface area contributed by atoms with Crippen LogP contribution in [0.5, 0.6) is 0 Å². The third kappa shape index (κ3) is 12.6. The van der Waals surface area contributed by atoms with Crippen molar-refractivity contribution in [3.05, 3.63) is 108 Å². The topological polar surface area (TPSA) is 49.3 Å².